The second-order valence-corrected chi connectivity index (χ2v) is 4.21. The second-order valence-electron chi connectivity index (χ2n) is 3.85. The first-order chi connectivity index (χ1) is 7.07. The van der Waals surface area contributed by atoms with Crippen LogP contribution in [0.1, 0.15) is 26.2 Å². The number of aromatic nitrogens is 2. The average molecular weight is 231 g/mol. The van der Waals surface area contributed by atoms with Gasteiger partial charge in [-0.15, -0.1) is 0 Å². The number of hydrogen-bond donors (Lipinski definition) is 1. The Kier molecular flexibility index (Phi) is 4.27. The standard InChI is InChI=1S/C10H19ClN4/c1-4-5-6-7-15-10(12)8(14(2)3)9(11)13-15/h4-7,12H2,1-3H3. The molecule has 1 aromatic heterocycles. The Morgan fingerprint density at radius 1 is 1.40 bits per heavy atom. The molecule has 0 saturated carbocycles. The number of nitrogens with zero attached hydrogens (tertiary/aromatic N) is 3. The first-order valence-corrected chi connectivity index (χ1v) is 5.64. The van der Waals surface area contributed by atoms with Crippen molar-refractivity contribution < 1.29 is 0 Å². The molecule has 0 amide bonds. The maximum atomic E-state index is 6.00. The summed E-state index contributed by atoms with van der Waals surface area (Å²) in [6.07, 6.45) is 3.47. The number of anilines is 2. The Morgan fingerprint density at radius 2 is 2.07 bits per heavy atom. The number of rotatable bonds is 5. The van der Waals surface area contributed by atoms with Crippen molar-refractivity contribution in [2.24, 2.45) is 0 Å². The van der Waals surface area contributed by atoms with Gasteiger partial charge in [-0.05, 0) is 6.42 Å². The van der Waals surface area contributed by atoms with Crippen LogP contribution in [0.5, 0.6) is 0 Å². The Balaban J connectivity index is 2.77. The third-order valence-electron chi connectivity index (χ3n) is 2.35. The molecule has 0 spiro atoms. The fourth-order valence-corrected chi connectivity index (χ4v) is 1.89. The summed E-state index contributed by atoms with van der Waals surface area (Å²) in [6.45, 7) is 3.01. The van der Waals surface area contributed by atoms with Crippen LogP contribution in [0.15, 0.2) is 0 Å². The normalized spacial score (nSPS) is 10.7. The zero-order chi connectivity index (χ0) is 11.4. The minimum Gasteiger partial charge on any atom is -0.382 e. The van der Waals surface area contributed by atoms with E-state index in [0.717, 1.165) is 18.7 Å². The predicted octanol–water partition coefficient (Wildman–Crippen LogP) is 2.37. The predicted molar refractivity (Wildman–Crippen MR) is 65.5 cm³/mol. The van der Waals surface area contributed by atoms with E-state index in [4.69, 9.17) is 17.3 Å². The molecule has 0 aromatic carbocycles. The SMILES string of the molecule is CCCCCn1nc(Cl)c(N(C)C)c1N. The smallest absolute Gasteiger partial charge is 0.176 e. The molecule has 15 heavy (non-hydrogen) atoms. The minimum atomic E-state index is 0.481. The van der Waals surface area contributed by atoms with E-state index < -0.39 is 0 Å². The summed E-state index contributed by atoms with van der Waals surface area (Å²) in [5.74, 6) is 0.654. The van der Waals surface area contributed by atoms with Gasteiger partial charge in [0.1, 0.15) is 11.5 Å². The van der Waals surface area contributed by atoms with Gasteiger partial charge in [0.15, 0.2) is 5.15 Å². The molecule has 2 N–H and O–H groups in total. The number of halogens is 1. The third-order valence-corrected chi connectivity index (χ3v) is 2.60. The van der Waals surface area contributed by atoms with Crippen LogP contribution in [0.4, 0.5) is 11.5 Å². The van der Waals surface area contributed by atoms with Crippen molar-refractivity contribution in [2.75, 3.05) is 24.7 Å². The van der Waals surface area contributed by atoms with E-state index in [-0.39, 0.29) is 0 Å². The van der Waals surface area contributed by atoms with Crippen LogP contribution >= 0.6 is 11.6 Å². The number of hydrogen-bond acceptors (Lipinski definition) is 3. The molecule has 1 rings (SSSR count). The highest BCUT2D eigenvalue weighted by molar-refractivity contribution is 6.32. The fraction of sp³-hybridized carbons (Fsp3) is 0.700. The molecule has 0 aliphatic heterocycles. The van der Waals surface area contributed by atoms with Gasteiger partial charge in [0.2, 0.25) is 0 Å². The van der Waals surface area contributed by atoms with E-state index in [2.05, 4.69) is 12.0 Å². The van der Waals surface area contributed by atoms with Crippen molar-refractivity contribution in [3.05, 3.63) is 5.15 Å². The molecule has 0 fully saturated rings. The van der Waals surface area contributed by atoms with Crippen LogP contribution in [0.25, 0.3) is 0 Å². The molecule has 0 atom stereocenters. The Bertz CT molecular complexity index is 319. The van der Waals surface area contributed by atoms with Gasteiger partial charge in [-0.3, -0.25) is 0 Å². The quantitative estimate of drug-likeness (QED) is 0.791. The average Bonchev–Trinajstić information content (AvgIpc) is 2.42. The third kappa shape index (κ3) is 2.78. The molecular formula is C10H19ClN4. The highest BCUT2D eigenvalue weighted by Crippen LogP contribution is 2.30. The van der Waals surface area contributed by atoms with Gasteiger partial charge in [-0.2, -0.15) is 5.10 Å². The van der Waals surface area contributed by atoms with Crippen molar-refractivity contribution in [1.29, 1.82) is 0 Å². The van der Waals surface area contributed by atoms with Gasteiger partial charge in [0.05, 0.1) is 0 Å². The molecule has 5 heteroatoms. The lowest BCUT2D eigenvalue weighted by Crippen LogP contribution is -2.12. The van der Waals surface area contributed by atoms with Crippen LogP contribution < -0.4 is 10.6 Å². The molecule has 86 valence electrons. The van der Waals surface area contributed by atoms with Gasteiger partial charge >= 0.3 is 0 Å². The maximum absolute atomic E-state index is 6.00. The van der Waals surface area contributed by atoms with E-state index in [0.29, 0.717) is 11.0 Å². The largest absolute Gasteiger partial charge is 0.382 e. The van der Waals surface area contributed by atoms with Crippen LogP contribution in [-0.4, -0.2) is 23.9 Å². The summed E-state index contributed by atoms with van der Waals surface area (Å²) in [7, 11) is 3.82. The first kappa shape index (κ1) is 12.2. The molecule has 1 aromatic rings. The number of aryl methyl sites for hydroxylation is 1. The van der Waals surface area contributed by atoms with Crippen LogP contribution in [0.2, 0.25) is 5.15 Å². The minimum absolute atomic E-state index is 0.481. The van der Waals surface area contributed by atoms with Gasteiger partial charge in [-0.25, -0.2) is 4.68 Å². The molecule has 0 unspecified atom stereocenters. The van der Waals surface area contributed by atoms with Crippen molar-refractivity contribution in [3.8, 4) is 0 Å². The molecule has 0 aliphatic rings. The zero-order valence-corrected chi connectivity index (χ0v) is 10.4. The van der Waals surface area contributed by atoms with Crippen LogP contribution in [0.3, 0.4) is 0 Å². The summed E-state index contributed by atoms with van der Waals surface area (Å²) in [6, 6.07) is 0. The number of nitrogen functional groups attached to an aromatic ring is 1. The summed E-state index contributed by atoms with van der Waals surface area (Å²) in [4.78, 5) is 1.89. The Hall–Kier alpha value is -0.900. The van der Waals surface area contributed by atoms with Gasteiger partial charge in [0, 0.05) is 20.6 Å². The molecule has 0 bridgehead atoms. The van der Waals surface area contributed by atoms with E-state index in [1.54, 1.807) is 4.68 Å². The Morgan fingerprint density at radius 3 is 2.53 bits per heavy atom. The van der Waals surface area contributed by atoms with E-state index in [1.807, 2.05) is 19.0 Å². The summed E-state index contributed by atoms with van der Waals surface area (Å²) in [5, 5.41) is 4.70. The maximum Gasteiger partial charge on any atom is 0.176 e. The number of nitrogens with two attached hydrogens (primary N) is 1. The lowest BCUT2D eigenvalue weighted by atomic mass is 10.2. The Labute approximate surface area is 96.0 Å². The van der Waals surface area contributed by atoms with Crippen molar-refractivity contribution in [2.45, 2.75) is 32.7 Å². The monoisotopic (exact) mass is 230 g/mol. The summed E-state index contributed by atoms with van der Waals surface area (Å²) < 4.78 is 1.79. The van der Waals surface area contributed by atoms with E-state index >= 15 is 0 Å². The van der Waals surface area contributed by atoms with Crippen molar-refractivity contribution in [1.82, 2.24) is 9.78 Å². The molecule has 0 saturated heterocycles. The lowest BCUT2D eigenvalue weighted by Gasteiger charge is -2.11. The van der Waals surface area contributed by atoms with Gasteiger partial charge in [0.25, 0.3) is 0 Å². The van der Waals surface area contributed by atoms with Crippen LogP contribution in [-0.2, 0) is 6.54 Å². The van der Waals surface area contributed by atoms with Gasteiger partial charge < -0.3 is 10.6 Å². The second kappa shape index (κ2) is 5.26. The summed E-state index contributed by atoms with van der Waals surface area (Å²) >= 11 is 6.00. The molecule has 1 heterocycles. The zero-order valence-electron chi connectivity index (χ0n) is 9.63. The molecule has 0 radical (unpaired) electrons. The molecular weight excluding hydrogens is 212 g/mol. The fourth-order valence-electron chi connectivity index (χ4n) is 1.53. The molecule has 0 aliphatic carbocycles. The van der Waals surface area contributed by atoms with Crippen LogP contribution in [0, 0.1) is 0 Å². The number of unbranched alkanes of at least 4 members (excludes halogenated alkanes) is 2. The topological polar surface area (TPSA) is 47.1 Å². The molecule has 4 nitrogen and oxygen atoms in total. The van der Waals surface area contributed by atoms with E-state index in [9.17, 15) is 0 Å². The van der Waals surface area contributed by atoms with Gasteiger partial charge in [-0.1, -0.05) is 31.4 Å². The van der Waals surface area contributed by atoms with E-state index in [1.165, 1.54) is 12.8 Å². The first-order valence-electron chi connectivity index (χ1n) is 5.27. The highest BCUT2D eigenvalue weighted by atomic mass is 35.5. The van der Waals surface area contributed by atoms with Crippen molar-refractivity contribution >= 4 is 23.1 Å². The van der Waals surface area contributed by atoms with Crippen molar-refractivity contribution in [3.63, 3.8) is 0 Å². The lowest BCUT2D eigenvalue weighted by molar-refractivity contribution is 0.560. The highest BCUT2D eigenvalue weighted by Gasteiger charge is 2.14. The summed E-state index contributed by atoms with van der Waals surface area (Å²) in [5.41, 5.74) is 6.77.